The predicted octanol–water partition coefficient (Wildman–Crippen LogP) is 4.41. The van der Waals surface area contributed by atoms with Crippen molar-refractivity contribution in [1.29, 1.82) is 0 Å². The Labute approximate surface area is 113 Å². The van der Waals surface area contributed by atoms with Crippen LogP contribution in [0, 0.1) is 11.7 Å². The van der Waals surface area contributed by atoms with Crippen molar-refractivity contribution in [1.82, 2.24) is 5.32 Å². The molecule has 2 aromatic rings. The average molecular weight is 261 g/mol. The maximum atomic E-state index is 13.2. The van der Waals surface area contributed by atoms with Gasteiger partial charge in [0.25, 0.3) is 0 Å². The zero-order valence-electron chi connectivity index (χ0n) is 11.3. The summed E-state index contributed by atoms with van der Waals surface area (Å²) in [5.74, 6) is 1.36. The van der Waals surface area contributed by atoms with E-state index in [0.29, 0.717) is 5.92 Å². The number of fused-ring (bicyclic) bond motifs is 1. The molecule has 0 spiro atoms. The van der Waals surface area contributed by atoms with Crippen LogP contribution in [0.2, 0.25) is 0 Å². The topological polar surface area (TPSA) is 25.2 Å². The van der Waals surface area contributed by atoms with Gasteiger partial charge in [0, 0.05) is 5.39 Å². The van der Waals surface area contributed by atoms with Crippen LogP contribution >= 0.6 is 0 Å². The first-order valence-electron chi connectivity index (χ1n) is 7.14. The Balaban J connectivity index is 1.91. The number of hydrogen-bond donors (Lipinski definition) is 1. The van der Waals surface area contributed by atoms with Crippen LogP contribution in [0.1, 0.15) is 43.9 Å². The fourth-order valence-corrected chi connectivity index (χ4v) is 3.27. The summed E-state index contributed by atoms with van der Waals surface area (Å²) in [6.07, 6.45) is 6.45. The molecule has 0 saturated heterocycles. The van der Waals surface area contributed by atoms with E-state index in [1.54, 1.807) is 6.07 Å². The third-order valence-electron chi connectivity index (χ3n) is 4.24. The summed E-state index contributed by atoms with van der Waals surface area (Å²) >= 11 is 0. The number of hydrogen-bond acceptors (Lipinski definition) is 2. The Morgan fingerprint density at radius 2 is 2.00 bits per heavy atom. The lowest BCUT2D eigenvalue weighted by molar-refractivity contribution is 0.257. The van der Waals surface area contributed by atoms with Crippen molar-refractivity contribution in [2.75, 3.05) is 7.05 Å². The predicted molar refractivity (Wildman–Crippen MR) is 74.5 cm³/mol. The molecular weight excluding hydrogens is 241 g/mol. The first-order valence-corrected chi connectivity index (χ1v) is 7.14. The molecule has 1 unspecified atom stereocenters. The number of rotatable bonds is 3. The van der Waals surface area contributed by atoms with Gasteiger partial charge in [-0.2, -0.15) is 0 Å². The normalized spacial score (nSPS) is 18.8. The lowest BCUT2D eigenvalue weighted by atomic mass is 9.83. The lowest BCUT2D eigenvalue weighted by Gasteiger charge is -2.28. The first kappa shape index (κ1) is 12.7. The van der Waals surface area contributed by atoms with Gasteiger partial charge in [0.15, 0.2) is 0 Å². The van der Waals surface area contributed by atoms with E-state index in [-0.39, 0.29) is 11.9 Å². The van der Waals surface area contributed by atoms with Gasteiger partial charge in [-0.15, -0.1) is 0 Å². The van der Waals surface area contributed by atoms with Crippen LogP contribution in [0.15, 0.2) is 28.7 Å². The molecular formula is C16H20FNO. The molecule has 1 aliphatic rings. The van der Waals surface area contributed by atoms with Crippen molar-refractivity contribution in [3.8, 4) is 0 Å². The Morgan fingerprint density at radius 3 is 2.74 bits per heavy atom. The van der Waals surface area contributed by atoms with Crippen molar-refractivity contribution in [3.05, 3.63) is 35.8 Å². The van der Waals surface area contributed by atoms with Gasteiger partial charge in [0.05, 0.1) is 6.04 Å². The molecule has 0 bridgehead atoms. The van der Waals surface area contributed by atoms with Crippen LogP contribution in [0.3, 0.4) is 0 Å². The van der Waals surface area contributed by atoms with Gasteiger partial charge in [-0.3, -0.25) is 0 Å². The highest BCUT2D eigenvalue weighted by atomic mass is 19.1. The zero-order chi connectivity index (χ0) is 13.2. The zero-order valence-corrected chi connectivity index (χ0v) is 11.3. The molecule has 2 nitrogen and oxygen atoms in total. The molecule has 0 radical (unpaired) electrons. The van der Waals surface area contributed by atoms with E-state index in [1.165, 1.54) is 44.2 Å². The maximum absolute atomic E-state index is 13.2. The monoisotopic (exact) mass is 261 g/mol. The molecule has 0 aliphatic heterocycles. The second kappa shape index (κ2) is 5.33. The molecule has 1 N–H and O–H groups in total. The molecule has 1 aromatic carbocycles. The second-order valence-corrected chi connectivity index (χ2v) is 5.50. The molecule has 1 saturated carbocycles. The highest BCUT2D eigenvalue weighted by Crippen LogP contribution is 2.36. The molecule has 1 atom stereocenters. The number of halogens is 1. The van der Waals surface area contributed by atoms with Crippen LogP contribution < -0.4 is 5.32 Å². The third kappa shape index (κ3) is 2.52. The molecule has 1 heterocycles. The largest absolute Gasteiger partial charge is 0.459 e. The quantitative estimate of drug-likeness (QED) is 0.885. The SMILES string of the molecule is CNC(c1cc2cc(F)ccc2o1)C1CCCCC1. The molecule has 1 fully saturated rings. The van der Waals surface area contributed by atoms with E-state index in [0.717, 1.165) is 16.7 Å². The fourth-order valence-electron chi connectivity index (χ4n) is 3.27. The molecule has 3 rings (SSSR count). The van der Waals surface area contributed by atoms with E-state index in [2.05, 4.69) is 5.32 Å². The van der Waals surface area contributed by atoms with E-state index in [9.17, 15) is 4.39 Å². The second-order valence-electron chi connectivity index (χ2n) is 5.50. The summed E-state index contributed by atoms with van der Waals surface area (Å²) < 4.78 is 19.1. The van der Waals surface area contributed by atoms with E-state index in [4.69, 9.17) is 4.42 Å². The van der Waals surface area contributed by atoms with E-state index in [1.807, 2.05) is 13.1 Å². The minimum Gasteiger partial charge on any atom is -0.459 e. The number of nitrogens with one attached hydrogen (secondary N) is 1. The van der Waals surface area contributed by atoms with Crippen molar-refractivity contribution < 1.29 is 8.81 Å². The molecule has 1 aromatic heterocycles. The van der Waals surface area contributed by atoms with Gasteiger partial charge in [-0.1, -0.05) is 19.3 Å². The highest BCUT2D eigenvalue weighted by molar-refractivity contribution is 5.78. The fraction of sp³-hybridized carbons (Fsp3) is 0.500. The van der Waals surface area contributed by atoms with Gasteiger partial charge in [0.2, 0.25) is 0 Å². The standard InChI is InChI=1S/C16H20FNO/c1-18-16(11-5-3-2-4-6-11)15-10-12-9-13(17)7-8-14(12)19-15/h7-11,16,18H,2-6H2,1H3. The van der Waals surface area contributed by atoms with Crippen molar-refractivity contribution in [3.63, 3.8) is 0 Å². The molecule has 0 amide bonds. The summed E-state index contributed by atoms with van der Waals surface area (Å²) in [4.78, 5) is 0. The minimum atomic E-state index is -0.210. The molecule has 19 heavy (non-hydrogen) atoms. The minimum absolute atomic E-state index is 0.210. The number of benzene rings is 1. The van der Waals surface area contributed by atoms with Gasteiger partial charge >= 0.3 is 0 Å². The van der Waals surface area contributed by atoms with Gasteiger partial charge in [0.1, 0.15) is 17.2 Å². The van der Waals surface area contributed by atoms with Crippen molar-refractivity contribution in [2.45, 2.75) is 38.1 Å². The summed E-state index contributed by atoms with van der Waals surface area (Å²) in [5, 5.41) is 4.23. The van der Waals surface area contributed by atoms with Crippen molar-refractivity contribution >= 4 is 11.0 Å². The van der Waals surface area contributed by atoms with Crippen LogP contribution in [0.4, 0.5) is 4.39 Å². The molecule has 102 valence electrons. The average Bonchev–Trinajstić information content (AvgIpc) is 2.83. The summed E-state index contributed by atoms with van der Waals surface area (Å²) in [5.41, 5.74) is 0.771. The summed E-state index contributed by atoms with van der Waals surface area (Å²) in [7, 11) is 1.98. The first-order chi connectivity index (χ1) is 9.28. The Kier molecular flexibility index (Phi) is 3.56. The van der Waals surface area contributed by atoms with Crippen LogP contribution in [-0.2, 0) is 0 Å². The van der Waals surface area contributed by atoms with Gasteiger partial charge < -0.3 is 9.73 Å². The van der Waals surface area contributed by atoms with E-state index < -0.39 is 0 Å². The highest BCUT2D eigenvalue weighted by Gasteiger charge is 2.26. The summed E-state index contributed by atoms with van der Waals surface area (Å²) in [6.45, 7) is 0. The Hall–Kier alpha value is -1.35. The van der Waals surface area contributed by atoms with Crippen molar-refractivity contribution in [2.24, 2.45) is 5.92 Å². The van der Waals surface area contributed by atoms with Crippen LogP contribution in [0.5, 0.6) is 0 Å². The maximum Gasteiger partial charge on any atom is 0.134 e. The third-order valence-corrected chi connectivity index (χ3v) is 4.24. The van der Waals surface area contributed by atoms with Crippen LogP contribution in [0.25, 0.3) is 11.0 Å². The lowest BCUT2D eigenvalue weighted by Crippen LogP contribution is -2.26. The molecule has 1 aliphatic carbocycles. The smallest absolute Gasteiger partial charge is 0.134 e. The van der Waals surface area contributed by atoms with Gasteiger partial charge in [-0.25, -0.2) is 4.39 Å². The van der Waals surface area contributed by atoms with Gasteiger partial charge in [-0.05, 0) is 50.1 Å². The molecule has 3 heteroatoms. The summed E-state index contributed by atoms with van der Waals surface area (Å²) in [6, 6.07) is 6.92. The Morgan fingerprint density at radius 1 is 1.21 bits per heavy atom. The Bertz CT molecular complexity index is 557. The van der Waals surface area contributed by atoms with E-state index >= 15 is 0 Å². The number of furan rings is 1. The van der Waals surface area contributed by atoms with Crippen LogP contribution in [-0.4, -0.2) is 7.05 Å².